The Labute approximate surface area is 82.4 Å². The SMILES string of the molecule is O=Nc1ccc(CI)cc1N=O. The van der Waals surface area contributed by atoms with Crippen molar-refractivity contribution < 1.29 is 0 Å². The Balaban J connectivity index is 3.18. The van der Waals surface area contributed by atoms with Crippen LogP contribution in [0.4, 0.5) is 11.4 Å². The molecule has 0 aliphatic rings. The van der Waals surface area contributed by atoms with Gasteiger partial charge in [0, 0.05) is 4.43 Å². The summed E-state index contributed by atoms with van der Waals surface area (Å²) >= 11 is 2.16. The molecule has 5 heteroatoms. The molecule has 0 bridgehead atoms. The highest BCUT2D eigenvalue weighted by atomic mass is 127. The van der Waals surface area contributed by atoms with Gasteiger partial charge in [-0.3, -0.25) is 0 Å². The predicted molar refractivity (Wildman–Crippen MR) is 55.1 cm³/mol. The van der Waals surface area contributed by atoms with Crippen molar-refractivity contribution in [2.24, 2.45) is 10.4 Å². The van der Waals surface area contributed by atoms with E-state index in [4.69, 9.17) is 0 Å². The maximum atomic E-state index is 10.2. The highest BCUT2D eigenvalue weighted by Crippen LogP contribution is 2.28. The monoisotopic (exact) mass is 276 g/mol. The van der Waals surface area contributed by atoms with Gasteiger partial charge in [-0.25, -0.2) is 0 Å². The molecule has 4 nitrogen and oxygen atoms in total. The molecule has 1 rings (SSSR count). The molecule has 0 fully saturated rings. The quantitative estimate of drug-likeness (QED) is 0.482. The van der Waals surface area contributed by atoms with Crippen molar-refractivity contribution in [3.8, 4) is 0 Å². The zero-order valence-electron chi connectivity index (χ0n) is 6.03. The topological polar surface area (TPSA) is 58.9 Å². The van der Waals surface area contributed by atoms with Crippen LogP contribution in [0.3, 0.4) is 0 Å². The number of benzene rings is 1. The van der Waals surface area contributed by atoms with Gasteiger partial charge in [0.15, 0.2) is 0 Å². The van der Waals surface area contributed by atoms with Crippen molar-refractivity contribution in [3.63, 3.8) is 0 Å². The number of nitroso groups, excluding NO2 is 2. The van der Waals surface area contributed by atoms with E-state index in [-0.39, 0.29) is 11.4 Å². The maximum Gasteiger partial charge on any atom is 0.137 e. The second-order valence-electron chi connectivity index (χ2n) is 2.14. The Morgan fingerprint density at radius 1 is 1.17 bits per heavy atom. The molecule has 0 radical (unpaired) electrons. The molecule has 0 unspecified atom stereocenters. The largest absolute Gasteiger partial charge is 0.145 e. The summed E-state index contributed by atoms with van der Waals surface area (Å²) in [5.41, 5.74) is 1.16. The second-order valence-corrected chi connectivity index (χ2v) is 2.90. The molecule has 0 N–H and O–H groups in total. The summed E-state index contributed by atoms with van der Waals surface area (Å²) in [7, 11) is 0. The van der Waals surface area contributed by atoms with Gasteiger partial charge >= 0.3 is 0 Å². The molecule has 0 amide bonds. The number of alkyl halides is 1. The van der Waals surface area contributed by atoms with E-state index in [2.05, 4.69) is 32.9 Å². The van der Waals surface area contributed by atoms with Crippen molar-refractivity contribution in [2.75, 3.05) is 0 Å². The number of halogens is 1. The lowest BCUT2D eigenvalue weighted by Gasteiger charge is -1.96. The number of nitrogens with zero attached hydrogens (tertiary/aromatic N) is 2. The van der Waals surface area contributed by atoms with Gasteiger partial charge in [0.05, 0.1) is 0 Å². The average Bonchev–Trinajstić information content (AvgIpc) is 2.16. The van der Waals surface area contributed by atoms with E-state index >= 15 is 0 Å². The van der Waals surface area contributed by atoms with Crippen molar-refractivity contribution >= 4 is 34.0 Å². The summed E-state index contributed by atoms with van der Waals surface area (Å²) in [6.45, 7) is 0. The molecule has 0 aromatic heterocycles. The van der Waals surface area contributed by atoms with Gasteiger partial charge in [0.2, 0.25) is 0 Å². The van der Waals surface area contributed by atoms with Crippen LogP contribution in [0.1, 0.15) is 5.56 Å². The first-order valence-electron chi connectivity index (χ1n) is 3.17. The maximum absolute atomic E-state index is 10.2. The van der Waals surface area contributed by atoms with Gasteiger partial charge in [-0.05, 0) is 28.0 Å². The van der Waals surface area contributed by atoms with Crippen LogP contribution in [0.5, 0.6) is 0 Å². The minimum atomic E-state index is 0.0959. The first kappa shape index (κ1) is 9.24. The van der Waals surface area contributed by atoms with Gasteiger partial charge < -0.3 is 0 Å². The molecule has 0 spiro atoms. The standard InChI is InChI=1S/C7H5IN2O2/c8-4-5-1-2-6(9-11)7(3-5)10-12/h1-3H,4H2. The summed E-state index contributed by atoms with van der Waals surface area (Å²) in [5, 5.41) is 5.37. The van der Waals surface area contributed by atoms with Crippen LogP contribution < -0.4 is 0 Å². The molecule has 0 atom stereocenters. The van der Waals surface area contributed by atoms with Crippen molar-refractivity contribution in [1.29, 1.82) is 0 Å². The van der Waals surface area contributed by atoms with E-state index in [1.807, 2.05) is 0 Å². The van der Waals surface area contributed by atoms with Crippen molar-refractivity contribution in [1.82, 2.24) is 0 Å². The molecule has 0 saturated heterocycles. The number of rotatable bonds is 3. The summed E-state index contributed by atoms with van der Waals surface area (Å²) in [6, 6.07) is 4.81. The van der Waals surface area contributed by atoms with Gasteiger partial charge in [0.25, 0.3) is 0 Å². The fourth-order valence-electron chi connectivity index (χ4n) is 0.802. The molecule has 1 aromatic rings. The Kier molecular flexibility index (Phi) is 3.27. The molecule has 0 heterocycles. The van der Waals surface area contributed by atoms with Crippen LogP contribution in [-0.2, 0) is 4.43 Å². The van der Waals surface area contributed by atoms with Gasteiger partial charge in [0.1, 0.15) is 11.4 Å². The Hall–Kier alpha value is -0.850. The van der Waals surface area contributed by atoms with Gasteiger partial charge in [-0.15, -0.1) is 9.81 Å². The summed E-state index contributed by atoms with van der Waals surface area (Å²) < 4.78 is 0.777. The zero-order valence-corrected chi connectivity index (χ0v) is 8.19. The van der Waals surface area contributed by atoms with Crippen LogP contribution in [0, 0.1) is 9.81 Å². The van der Waals surface area contributed by atoms with E-state index in [0.717, 1.165) is 9.99 Å². The van der Waals surface area contributed by atoms with Gasteiger partial charge in [-0.1, -0.05) is 28.7 Å². The molecule has 0 saturated carbocycles. The van der Waals surface area contributed by atoms with Crippen molar-refractivity contribution in [2.45, 2.75) is 4.43 Å². The minimum absolute atomic E-state index is 0.0959. The third-order valence-electron chi connectivity index (χ3n) is 1.39. The third kappa shape index (κ3) is 1.84. The van der Waals surface area contributed by atoms with E-state index < -0.39 is 0 Å². The van der Waals surface area contributed by atoms with Crippen LogP contribution in [-0.4, -0.2) is 0 Å². The fraction of sp³-hybridized carbons (Fsp3) is 0.143. The van der Waals surface area contributed by atoms with E-state index in [0.29, 0.717) is 0 Å². The van der Waals surface area contributed by atoms with Crippen LogP contribution in [0.25, 0.3) is 0 Å². The van der Waals surface area contributed by atoms with E-state index in [9.17, 15) is 9.81 Å². The molecular formula is C7H5IN2O2. The first-order valence-corrected chi connectivity index (χ1v) is 4.70. The number of hydrogen-bond acceptors (Lipinski definition) is 4. The summed E-state index contributed by atoms with van der Waals surface area (Å²) in [6.07, 6.45) is 0. The van der Waals surface area contributed by atoms with Crippen LogP contribution in [0.2, 0.25) is 0 Å². The summed E-state index contributed by atoms with van der Waals surface area (Å²) in [5.74, 6) is 0. The minimum Gasteiger partial charge on any atom is -0.145 e. The zero-order chi connectivity index (χ0) is 8.97. The Bertz CT molecular complexity index is 314. The van der Waals surface area contributed by atoms with Crippen molar-refractivity contribution in [3.05, 3.63) is 33.6 Å². The molecule has 62 valence electrons. The summed E-state index contributed by atoms with van der Waals surface area (Å²) in [4.78, 5) is 20.3. The lowest BCUT2D eigenvalue weighted by molar-refractivity contribution is 1.37. The van der Waals surface area contributed by atoms with Crippen LogP contribution in [0.15, 0.2) is 28.6 Å². The fourth-order valence-corrected chi connectivity index (χ4v) is 1.28. The highest BCUT2D eigenvalue weighted by molar-refractivity contribution is 14.1. The Morgan fingerprint density at radius 2 is 1.83 bits per heavy atom. The molecular weight excluding hydrogens is 271 g/mol. The Morgan fingerprint density at radius 3 is 2.33 bits per heavy atom. The van der Waals surface area contributed by atoms with E-state index in [1.54, 1.807) is 12.1 Å². The van der Waals surface area contributed by atoms with Gasteiger partial charge in [-0.2, -0.15) is 0 Å². The predicted octanol–water partition coefficient (Wildman–Crippen LogP) is 3.42. The molecule has 0 aliphatic heterocycles. The lowest BCUT2D eigenvalue weighted by atomic mass is 10.2. The highest BCUT2D eigenvalue weighted by Gasteiger charge is 2.03. The third-order valence-corrected chi connectivity index (χ3v) is 2.27. The average molecular weight is 276 g/mol. The molecule has 1 aromatic carbocycles. The van der Waals surface area contributed by atoms with E-state index in [1.165, 1.54) is 6.07 Å². The normalized spacial score (nSPS) is 9.42. The smallest absolute Gasteiger partial charge is 0.137 e. The molecule has 12 heavy (non-hydrogen) atoms. The number of hydrogen-bond donors (Lipinski definition) is 0. The first-order chi connectivity index (χ1) is 5.81. The second kappa shape index (κ2) is 4.24. The van der Waals surface area contributed by atoms with Crippen LogP contribution >= 0.6 is 22.6 Å². The molecule has 0 aliphatic carbocycles. The lowest BCUT2D eigenvalue weighted by Crippen LogP contribution is -1.75.